The third kappa shape index (κ3) is 3.61. The van der Waals surface area contributed by atoms with Gasteiger partial charge in [-0.3, -0.25) is 0 Å². The summed E-state index contributed by atoms with van der Waals surface area (Å²) in [5.41, 5.74) is 3.00. The predicted octanol–water partition coefficient (Wildman–Crippen LogP) is 4.64. The second kappa shape index (κ2) is 8.00. The number of aromatic nitrogens is 4. The van der Waals surface area contributed by atoms with Crippen molar-refractivity contribution >= 4 is 23.1 Å². The minimum absolute atomic E-state index is 0.272. The van der Waals surface area contributed by atoms with Crippen LogP contribution < -0.4 is 14.2 Å². The molecule has 0 saturated heterocycles. The summed E-state index contributed by atoms with van der Waals surface area (Å²) < 4.78 is 18.1. The summed E-state index contributed by atoms with van der Waals surface area (Å²) in [6.45, 7) is 0.272. The van der Waals surface area contributed by atoms with Crippen LogP contribution in [0.15, 0.2) is 53.0 Å². The van der Waals surface area contributed by atoms with Crippen LogP contribution in [0.3, 0.4) is 0 Å². The van der Waals surface area contributed by atoms with Crippen LogP contribution in [0.4, 0.5) is 0 Å². The lowest BCUT2D eigenvalue weighted by atomic mass is 10.2. The van der Waals surface area contributed by atoms with Gasteiger partial charge in [-0.2, -0.15) is 0 Å². The Hall–Kier alpha value is -3.04. The number of nitrogens with zero attached hydrogens (tertiary/aromatic N) is 4. The molecule has 0 saturated carbocycles. The molecule has 3 heterocycles. The number of methoxy groups -OCH3 is 1. The van der Waals surface area contributed by atoms with E-state index in [1.54, 1.807) is 30.2 Å². The lowest BCUT2D eigenvalue weighted by Gasteiger charge is -2.05. The molecule has 7 nitrogen and oxygen atoms in total. The van der Waals surface area contributed by atoms with Crippen LogP contribution in [0.25, 0.3) is 22.0 Å². The van der Waals surface area contributed by atoms with Crippen molar-refractivity contribution in [3.63, 3.8) is 0 Å². The van der Waals surface area contributed by atoms with Crippen molar-refractivity contribution in [2.24, 2.45) is 7.05 Å². The summed E-state index contributed by atoms with van der Waals surface area (Å²) in [5.74, 6) is 3.85. The zero-order chi connectivity index (χ0) is 20.5. The van der Waals surface area contributed by atoms with E-state index in [-0.39, 0.29) is 6.79 Å². The van der Waals surface area contributed by atoms with E-state index in [1.165, 1.54) is 0 Å². The Labute approximate surface area is 181 Å². The van der Waals surface area contributed by atoms with Gasteiger partial charge in [0.25, 0.3) is 0 Å². The number of thioether (sulfide) groups is 1. The molecule has 1 aliphatic heterocycles. The van der Waals surface area contributed by atoms with Crippen LogP contribution in [0.2, 0.25) is 0 Å². The highest BCUT2D eigenvalue weighted by atomic mass is 32.2. The molecule has 4 aromatic rings. The first-order chi connectivity index (χ1) is 14.7. The lowest BCUT2D eigenvalue weighted by molar-refractivity contribution is 0.174. The fourth-order valence-electron chi connectivity index (χ4n) is 3.13. The molecule has 0 unspecified atom stereocenters. The van der Waals surface area contributed by atoms with E-state index in [0.717, 1.165) is 50.1 Å². The largest absolute Gasteiger partial charge is 0.497 e. The highest BCUT2D eigenvalue weighted by molar-refractivity contribution is 7.98. The Morgan fingerprint density at radius 1 is 1.10 bits per heavy atom. The first-order valence-electron chi connectivity index (χ1n) is 9.22. The summed E-state index contributed by atoms with van der Waals surface area (Å²) in [7, 11) is 3.62. The molecule has 0 bridgehead atoms. The number of hydrogen-bond acceptors (Lipinski definition) is 8. The predicted molar refractivity (Wildman–Crippen MR) is 116 cm³/mol. The third-order valence-electron chi connectivity index (χ3n) is 4.68. The monoisotopic (exact) mass is 438 g/mol. The molecule has 0 spiro atoms. The Balaban J connectivity index is 1.30. The van der Waals surface area contributed by atoms with Gasteiger partial charge in [-0.1, -0.05) is 23.9 Å². The molecule has 0 radical (unpaired) electrons. The molecule has 0 fully saturated rings. The SMILES string of the molecule is COc1cccc(-c2nnc(SCc3csc(-c4ccc5c(c4)OCO5)n3)n2C)c1. The Kier molecular flexibility index (Phi) is 5.06. The average Bonchev–Trinajstić information content (AvgIpc) is 3.51. The van der Waals surface area contributed by atoms with Gasteiger partial charge in [0.05, 0.1) is 12.8 Å². The highest BCUT2D eigenvalue weighted by Crippen LogP contribution is 2.37. The zero-order valence-electron chi connectivity index (χ0n) is 16.4. The number of ether oxygens (including phenoxy) is 3. The summed E-state index contributed by atoms with van der Waals surface area (Å²) in [6.07, 6.45) is 0. The van der Waals surface area contributed by atoms with Crippen molar-refractivity contribution in [3.8, 4) is 39.2 Å². The number of rotatable bonds is 6. The maximum atomic E-state index is 5.46. The molecular weight excluding hydrogens is 420 g/mol. The minimum atomic E-state index is 0.272. The van der Waals surface area contributed by atoms with E-state index in [1.807, 2.05) is 54.1 Å². The second-order valence-electron chi connectivity index (χ2n) is 6.60. The van der Waals surface area contributed by atoms with E-state index in [0.29, 0.717) is 5.75 Å². The smallest absolute Gasteiger partial charge is 0.231 e. The van der Waals surface area contributed by atoms with Crippen molar-refractivity contribution in [2.45, 2.75) is 10.9 Å². The summed E-state index contributed by atoms with van der Waals surface area (Å²) >= 11 is 3.23. The molecular formula is C21H18N4O3S2. The lowest BCUT2D eigenvalue weighted by Crippen LogP contribution is -1.95. The normalized spacial score (nSPS) is 12.3. The molecule has 2 aromatic carbocycles. The standard InChI is InChI=1S/C21H18N4O3S2/c1-25-19(13-4-3-5-16(8-13)26-2)23-24-21(25)30-11-15-10-29-20(22-15)14-6-7-17-18(9-14)28-12-27-17/h3-10H,11-12H2,1-2H3. The van der Waals surface area contributed by atoms with Gasteiger partial charge in [0.1, 0.15) is 10.8 Å². The molecule has 30 heavy (non-hydrogen) atoms. The van der Waals surface area contributed by atoms with E-state index in [4.69, 9.17) is 19.2 Å². The molecule has 1 aliphatic rings. The van der Waals surface area contributed by atoms with Crippen LogP contribution in [-0.2, 0) is 12.8 Å². The Bertz CT molecular complexity index is 1200. The van der Waals surface area contributed by atoms with Gasteiger partial charge in [0.15, 0.2) is 22.5 Å². The fourth-order valence-corrected chi connectivity index (χ4v) is 4.85. The van der Waals surface area contributed by atoms with E-state index in [2.05, 4.69) is 15.6 Å². The molecule has 0 N–H and O–H groups in total. The van der Waals surface area contributed by atoms with Crippen molar-refractivity contribution < 1.29 is 14.2 Å². The van der Waals surface area contributed by atoms with E-state index in [9.17, 15) is 0 Å². The highest BCUT2D eigenvalue weighted by Gasteiger charge is 2.16. The van der Waals surface area contributed by atoms with Crippen LogP contribution in [-0.4, -0.2) is 33.7 Å². The van der Waals surface area contributed by atoms with Crippen LogP contribution in [0.5, 0.6) is 17.2 Å². The van der Waals surface area contributed by atoms with Gasteiger partial charge < -0.3 is 18.8 Å². The van der Waals surface area contributed by atoms with E-state index < -0.39 is 0 Å². The van der Waals surface area contributed by atoms with Gasteiger partial charge in [0.2, 0.25) is 6.79 Å². The second-order valence-corrected chi connectivity index (χ2v) is 8.40. The number of thiazole rings is 1. The van der Waals surface area contributed by atoms with Crippen LogP contribution >= 0.6 is 23.1 Å². The van der Waals surface area contributed by atoms with Gasteiger partial charge in [-0.05, 0) is 30.3 Å². The van der Waals surface area contributed by atoms with Crippen molar-refractivity contribution in [1.82, 2.24) is 19.7 Å². The number of benzene rings is 2. The molecule has 2 aromatic heterocycles. The first kappa shape index (κ1) is 19.0. The van der Waals surface area contributed by atoms with E-state index >= 15 is 0 Å². The van der Waals surface area contributed by atoms with Crippen LogP contribution in [0, 0.1) is 0 Å². The van der Waals surface area contributed by atoms with Gasteiger partial charge in [-0.15, -0.1) is 21.5 Å². The van der Waals surface area contributed by atoms with Crippen molar-refractivity contribution in [1.29, 1.82) is 0 Å². The van der Waals surface area contributed by atoms with Gasteiger partial charge >= 0.3 is 0 Å². The summed E-state index contributed by atoms with van der Waals surface area (Å²) in [5, 5.41) is 12.6. The Morgan fingerprint density at radius 3 is 2.90 bits per heavy atom. The quantitative estimate of drug-likeness (QED) is 0.406. The topological polar surface area (TPSA) is 71.3 Å². The third-order valence-corrected chi connectivity index (χ3v) is 6.68. The molecule has 5 rings (SSSR count). The number of hydrogen-bond donors (Lipinski definition) is 0. The van der Waals surface area contributed by atoms with Crippen molar-refractivity contribution in [2.75, 3.05) is 13.9 Å². The van der Waals surface area contributed by atoms with Crippen molar-refractivity contribution in [3.05, 3.63) is 53.5 Å². The van der Waals surface area contributed by atoms with Crippen LogP contribution in [0.1, 0.15) is 5.69 Å². The molecule has 0 aliphatic carbocycles. The first-order valence-corrected chi connectivity index (χ1v) is 11.1. The zero-order valence-corrected chi connectivity index (χ0v) is 18.0. The maximum Gasteiger partial charge on any atom is 0.231 e. The number of fused-ring (bicyclic) bond motifs is 1. The van der Waals surface area contributed by atoms with Gasteiger partial charge in [-0.25, -0.2) is 4.98 Å². The van der Waals surface area contributed by atoms with Gasteiger partial charge in [0, 0.05) is 29.3 Å². The fraction of sp³-hybridized carbons (Fsp3) is 0.190. The molecule has 9 heteroatoms. The summed E-state index contributed by atoms with van der Waals surface area (Å²) in [6, 6.07) is 13.7. The molecule has 0 amide bonds. The summed E-state index contributed by atoms with van der Waals surface area (Å²) in [4.78, 5) is 4.77. The Morgan fingerprint density at radius 2 is 2.00 bits per heavy atom. The maximum absolute atomic E-state index is 5.46. The average molecular weight is 439 g/mol. The molecule has 152 valence electrons. The minimum Gasteiger partial charge on any atom is -0.497 e. The molecule has 0 atom stereocenters.